The van der Waals surface area contributed by atoms with Gasteiger partial charge in [0.05, 0.1) is 5.57 Å². The van der Waals surface area contributed by atoms with Crippen LogP contribution in [0.4, 0.5) is 0 Å². The van der Waals surface area contributed by atoms with E-state index in [1.165, 1.54) is 6.92 Å². The number of carbonyl (C=O) groups excluding carboxylic acids is 2. The first-order chi connectivity index (χ1) is 8.07. The first-order valence-electron chi connectivity index (χ1n) is 5.95. The number of nitrogens with zero attached hydrogens (tertiary/aromatic N) is 1. The number of ketones is 1. The Morgan fingerprint density at radius 3 is 2.65 bits per heavy atom. The van der Waals surface area contributed by atoms with Crippen molar-refractivity contribution in [3.63, 3.8) is 0 Å². The molecular formula is C14H19NO2. The number of rotatable bonds is 5. The molecule has 3 heteroatoms. The van der Waals surface area contributed by atoms with Gasteiger partial charge < -0.3 is 4.90 Å². The lowest BCUT2D eigenvalue weighted by molar-refractivity contribution is -0.127. The Labute approximate surface area is 102 Å². The van der Waals surface area contributed by atoms with E-state index in [2.05, 4.69) is 12.7 Å². The highest BCUT2D eigenvalue weighted by Gasteiger charge is 2.22. The van der Waals surface area contributed by atoms with Gasteiger partial charge in [0.2, 0.25) is 0 Å². The van der Waals surface area contributed by atoms with Crippen molar-refractivity contribution >= 4 is 11.7 Å². The van der Waals surface area contributed by atoms with E-state index in [1.54, 1.807) is 4.90 Å². The average molecular weight is 233 g/mol. The molecule has 0 unspecified atom stereocenters. The Kier molecular flexibility index (Phi) is 4.88. The number of allylic oxidation sites excluding steroid dienone is 4. The monoisotopic (exact) mass is 233 g/mol. The van der Waals surface area contributed by atoms with Gasteiger partial charge in [0.25, 0.3) is 5.91 Å². The Morgan fingerprint density at radius 2 is 2.18 bits per heavy atom. The molecule has 1 rings (SSSR count). The fourth-order valence-electron chi connectivity index (χ4n) is 1.73. The molecule has 0 saturated carbocycles. The molecule has 0 N–H and O–H groups in total. The molecular weight excluding hydrogens is 214 g/mol. The molecule has 1 aliphatic carbocycles. The zero-order valence-corrected chi connectivity index (χ0v) is 10.5. The van der Waals surface area contributed by atoms with Gasteiger partial charge in [0.1, 0.15) is 0 Å². The number of carbonyl (C=O) groups is 2. The smallest absolute Gasteiger partial charge is 0.260 e. The second-order valence-electron chi connectivity index (χ2n) is 4.12. The van der Waals surface area contributed by atoms with Crippen LogP contribution in [0.5, 0.6) is 0 Å². The van der Waals surface area contributed by atoms with Crippen molar-refractivity contribution in [3.05, 3.63) is 36.1 Å². The van der Waals surface area contributed by atoms with E-state index < -0.39 is 0 Å². The molecule has 1 amide bonds. The van der Waals surface area contributed by atoms with Gasteiger partial charge >= 0.3 is 0 Å². The van der Waals surface area contributed by atoms with Crippen molar-refractivity contribution in [2.75, 3.05) is 6.54 Å². The first kappa shape index (κ1) is 13.4. The third-order valence-corrected chi connectivity index (χ3v) is 2.71. The molecule has 0 aromatic heterocycles. The zero-order valence-electron chi connectivity index (χ0n) is 10.5. The number of amides is 1. The molecule has 17 heavy (non-hydrogen) atoms. The van der Waals surface area contributed by atoms with Crippen LogP contribution in [-0.4, -0.2) is 23.1 Å². The summed E-state index contributed by atoms with van der Waals surface area (Å²) in [5, 5.41) is 0. The lowest BCUT2D eigenvalue weighted by Crippen LogP contribution is -2.34. The summed E-state index contributed by atoms with van der Waals surface area (Å²) in [6, 6.07) is 0. The van der Waals surface area contributed by atoms with Crippen molar-refractivity contribution in [1.29, 1.82) is 0 Å². The second kappa shape index (κ2) is 6.18. The number of Topliss-reactive ketones (excluding diaryl/α,β-unsaturated/α-hetero) is 1. The normalized spacial score (nSPS) is 14.1. The molecule has 0 atom stereocenters. The first-order valence-corrected chi connectivity index (χ1v) is 5.95. The molecule has 0 fully saturated rings. The topological polar surface area (TPSA) is 37.4 Å². The molecule has 0 spiro atoms. The molecule has 0 heterocycles. The van der Waals surface area contributed by atoms with Gasteiger partial charge in [0, 0.05) is 12.2 Å². The van der Waals surface area contributed by atoms with E-state index >= 15 is 0 Å². The highest BCUT2D eigenvalue weighted by Crippen LogP contribution is 2.19. The summed E-state index contributed by atoms with van der Waals surface area (Å²) in [5.41, 5.74) is 1.04. The van der Waals surface area contributed by atoms with Crippen molar-refractivity contribution < 1.29 is 9.59 Å². The molecule has 0 radical (unpaired) electrons. The van der Waals surface area contributed by atoms with E-state index in [1.807, 2.05) is 19.1 Å². The van der Waals surface area contributed by atoms with Gasteiger partial charge in [-0.15, -0.1) is 0 Å². The van der Waals surface area contributed by atoms with Gasteiger partial charge in [-0.05, 0) is 32.3 Å². The van der Waals surface area contributed by atoms with Crippen LogP contribution in [-0.2, 0) is 9.59 Å². The number of hydrogen-bond donors (Lipinski definition) is 0. The number of hydrogen-bond acceptors (Lipinski definition) is 2. The summed E-state index contributed by atoms with van der Waals surface area (Å²) >= 11 is 0. The van der Waals surface area contributed by atoms with Crippen LogP contribution in [0.15, 0.2) is 36.1 Å². The molecule has 0 bridgehead atoms. The predicted molar refractivity (Wildman–Crippen MR) is 68.3 cm³/mol. The second-order valence-corrected chi connectivity index (χ2v) is 4.12. The lowest BCUT2D eigenvalue weighted by Gasteiger charge is -2.26. The maximum atomic E-state index is 12.1. The Morgan fingerprint density at radius 1 is 1.47 bits per heavy atom. The van der Waals surface area contributed by atoms with Crippen LogP contribution in [0.1, 0.15) is 33.1 Å². The molecule has 0 saturated heterocycles. The minimum Gasteiger partial charge on any atom is -0.312 e. The molecule has 92 valence electrons. The fourth-order valence-corrected chi connectivity index (χ4v) is 1.73. The summed E-state index contributed by atoms with van der Waals surface area (Å²) in [6.45, 7) is 7.58. The summed E-state index contributed by atoms with van der Waals surface area (Å²) in [5.74, 6) is -0.524. The summed E-state index contributed by atoms with van der Waals surface area (Å²) in [6.07, 6.45) is 8.59. The Hall–Kier alpha value is -1.64. The largest absolute Gasteiger partial charge is 0.312 e. The zero-order chi connectivity index (χ0) is 12.8. The minimum absolute atomic E-state index is 0.0638. The Bertz CT molecular complexity index is 391. The summed E-state index contributed by atoms with van der Waals surface area (Å²) < 4.78 is 0. The van der Waals surface area contributed by atoms with Crippen LogP contribution < -0.4 is 0 Å². The third-order valence-electron chi connectivity index (χ3n) is 2.71. The molecule has 3 nitrogen and oxygen atoms in total. The molecule has 0 aromatic carbocycles. The maximum Gasteiger partial charge on any atom is 0.260 e. The standard InChI is InChI=1S/C14H19NO2/c1-4-10-15(13-8-6-5-7-9-13)14(17)11(2)12(3)16/h5-6,8H,2,4,7,9-10H2,1,3H3. The van der Waals surface area contributed by atoms with Crippen LogP contribution >= 0.6 is 0 Å². The summed E-state index contributed by atoms with van der Waals surface area (Å²) in [7, 11) is 0. The molecule has 1 aliphatic rings. The van der Waals surface area contributed by atoms with Crippen molar-refractivity contribution in [3.8, 4) is 0 Å². The van der Waals surface area contributed by atoms with E-state index in [0.717, 1.165) is 25.0 Å². The minimum atomic E-state index is -0.263. The fraction of sp³-hybridized carbons (Fsp3) is 0.429. The van der Waals surface area contributed by atoms with Gasteiger partial charge in [-0.2, -0.15) is 0 Å². The third kappa shape index (κ3) is 3.41. The van der Waals surface area contributed by atoms with Crippen LogP contribution in [0.25, 0.3) is 0 Å². The summed E-state index contributed by atoms with van der Waals surface area (Å²) in [4.78, 5) is 25.0. The van der Waals surface area contributed by atoms with Gasteiger partial charge in [-0.25, -0.2) is 0 Å². The maximum absolute atomic E-state index is 12.1. The van der Waals surface area contributed by atoms with Gasteiger partial charge in [-0.1, -0.05) is 25.7 Å². The van der Waals surface area contributed by atoms with Crippen LogP contribution in [0.3, 0.4) is 0 Å². The van der Waals surface area contributed by atoms with E-state index in [9.17, 15) is 9.59 Å². The molecule has 0 aromatic rings. The van der Waals surface area contributed by atoms with Gasteiger partial charge in [0.15, 0.2) is 5.78 Å². The highest BCUT2D eigenvalue weighted by molar-refractivity contribution is 6.18. The molecule has 0 aliphatic heterocycles. The van der Waals surface area contributed by atoms with Crippen molar-refractivity contribution in [2.45, 2.75) is 33.1 Å². The van der Waals surface area contributed by atoms with Gasteiger partial charge in [-0.3, -0.25) is 9.59 Å². The van der Waals surface area contributed by atoms with E-state index in [0.29, 0.717) is 6.54 Å². The van der Waals surface area contributed by atoms with Crippen LogP contribution in [0, 0.1) is 0 Å². The van der Waals surface area contributed by atoms with Crippen LogP contribution in [0.2, 0.25) is 0 Å². The quantitative estimate of drug-likeness (QED) is 0.416. The predicted octanol–water partition coefficient (Wildman–Crippen LogP) is 2.60. The van der Waals surface area contributed by atoms with Crippen molar-refractivity contribution in [1.82, 2.24) is 4.90 Å². The Balaban J connectivity index is 2.88. The lowest BCUT2D eigenvalue weighted by atomic mass is 10.1. The SMILES string of the molecule is C=C(C(C)=O)C(=O)N(CCC)C1=CC=CCC1. The van der Waals surface area contributed by atoms with Crippen molar-refractivity contribution in [2.24, 2.45) is 0 Å². The van der Waals surface area contributed by atoms with E-state index in [-0.39, 0.29) is 17.3 Å². The van der Waals surface area contributed by atoms with E-state index in [4.69, 9.17) is 0 Å². The average Bonchev–Trinajstić information content (AvgIpc) is 2.35. The highest BCUT2D eigenvalue weighted by atomic mass is 16.2.